The zero-order valence-corrected chi connectivity index (χ0v) is 13.6. The fraction of sp³-hybridized carbons (Fsp3) is 0.462. The summed E-state index contributed by atoms with van der Waals surface area (Å²) in [6, 6.07) is 0. The van der Waals surface area contributed by atoms with Crippen molar-refractivity contribution in [2.75, 3.05) is 32.2 Å². The Kier molecular flexibility index (Phi) is 5.33. The number of esters is 1. The maximum Gasteiger partial charge on any atom is 0.348 e. The Morgan fingerprint density at radius 2 is 2.19 bits per heavy atom. The van der Waals surface area contributed by atoms with E-state index >= 15 is 0 Å². The van der Waals surface area contributed by atoms with E-state index in [1.165, 1.54) is 11.3 Å². The van der Waals surface area contributed by atoms with Crippen LogP contribution in [-0.4, -0.2) is 42.8 Å². The van der Waals surface area contributed by atoms with Crippen molar-refractivity contribution >= 4 is 44.9 Å². The molecule has 0 bridgehead atoms. The van der Waals surface area contributed by atoms with Gasteiger partial charge >= 0.3 is 5.97 Å². The second kappa shape index (κ2) is 7.02. The number of ether oxygens (including phenoxy) is 2. The average molecular weight is 330 g/mol. The molecule has 6 nitrogen and oxygen atoms in total. The minimum Gasteiger partial charge on any atom is -0.462 e. The number of thiophene rings is 1. The molecule has 2 heterocycles. The van der Waals surface area contributed by atoms with Crippen molar-refractivity contribution in [2.24, 2.45) is 0 Å². The fourth-order valence-electron chi connectivity index (χ4n) is 1.90. The normalized spacial score (nSPS) is 10.9. The lowest BCUT2D eigenvalue weighted by Crippen LogP contribution is -2.09. The molecule has 0 unspecified atom stereocenters. The third kappa shape index (κ3) is 3.42. The first-order valence-corrected chi connectivity index (χ1v) is 7.64. The van der Waals surface area contributed by atoms with Crippen LogP contribution >= 0.6 is 22.9 Å². The van der Waals surface area contributed by atoms with Crippen LogP contribution in [0.5, 0.6) is 0 Å². The van der Waals surface area contributed by atoms with E-state index in [4.69, 9.17) is 21.1 Å². The highest BCUT2D eigenvalue weighted by atomic mass is 35.5. The van der Waals surface area contributed by atoms with Crippen LogP contribution in [0.3, 0.4) is 0 Å². The summed E-state index contributed by atoms with van der Waals surface area (Å²) in [6.45, 7) is 5.08. The molecule has 1 N–H and O–H groups in total. The van der Waals surface area contributed by atoms with Gasteiger partial charge in [0.15, 0.2) is 0 Å². The van der Waals surface area contributed by atoms with Crippen molar-refractivity contribution in [1.82, 2.24) is 9.97 Å². The number of carbonyl (C=O) groups excluding carboxylic acids is 1. The second-order valence-electron chi connectivity index (χ2n) is 4.22. The lowest BCUT2D eigenvalue weighted by molar-refractivity contribution is 0.0531. The molecule has 0 spiro atoms. The van der Waals surface area contributed by atoms with Crippen LogP contribution in [0.2, 0.25) is 5.28 Å². The van der Waals surface area contributed by atoms with Crippen molar-refractivity contribution in [2.45, 2.75) is 13.8 Å². The van der Waals surface area contributed by atoms with Gasteiger partial charge in [-0.2, -0.15) is 0 Å². The number of fused-ring (bicyclic) bond motifs is 1. The number of hydrogen-bond acceptors (Lipinski definition) is 7. The van der Waals surface area contributed by atoms with E-state index < -0.39 is 0 Å². The number of nitrogens with zero attached hydrogens (tertiary/aromatic N) is 2. The fourth-order valence-corrected chi connectivity index (χ4v) is 3.20. The predicted molar refractivity (Wildman–Crippen MR) is 83.5 cm³/mol. The van der Waals surface area contributed by atoms with Crippen LogP contribution in [-0.2, 0) is 9.47 Å². The molecule has 2 aromatic rings. The third-order valence-corrected chi connectivity index (χ3v) is 4.16. The maximum atomic E-state index is 12.0. The van der Waals surface area contributed by atoms with Crippen LogP contribution in [0.15, 0.2) is 0 Å². The molecular formula is C13H16ClN3O3S. The van der Waals surface area contributed by atoms with Crippen LogP contribution in [0.1, 0.15) is 22.2 Å². The van der Waals surface area contributed by atoms with Gasteiger partial charge in [-0.3, -0.25) is 0 Å². The number of rotatable bonds is 6. The van der Waals surface area contributed by atoms with E-state index in [2.05, 4.69) is 15.3 Å². The molecule has 0 saturated carbocycles. The highest BCUT2D eigenvalue weighted by Gasteiger charge is 2.21. The minimum absolute atomic E-state index is 0.138. The molecule has 2 rings (SSSR count). The number of hydrogen-bond donors (Lipinski definition) is 1. The number of aryl methyl sites for hydroxylation is 1. The SMILES string of the molecule is CCOC(=O)c1sc2nc(Cl)nc(NCCOC)c2c1C. The Hall–Kier alpha value is -1.44. The van der Waals surface area contributed by atoms with Crippen LogP contribution in [0.4, 0.5) is 5.82 Å². The Bertz CT molecular complexity index is 660. The molecule has 0 aromatic carbocycles. The number of aromatic nitrogens is 2. The van der Waals surface area contributed by atoms with Gasteiger partial charge in [0.2, 0.25) is 5.28 Å². The molecule has 0 atom stereocenters. The molecule has 0 aliphatic rings. The minimum atomic E-state index is -0.350. The number of methoxy groups -OCH3 is 1. The zero-order valence-electron chi connectivity index (χ0n) is 12.0. The summed E-state index contributed by atoms with van der Waals surface area (Å²) in [5, 5.41) is 4.08. The van der Waals surface area contributed by atoms with Gasteiger partial charge in [-0.05, 0) is 31.0 Å². The zero-order chi connectivity index (χ0) is 15.4. The molecule has 114 valence electrons. The van der Waals surface area contributed by atoms with Gasteiger partial charge in [0.05, 0.1) is 18.6 Å². The van der Waals surface area contributed by atoms with Crippen LogP contribution in [0.25, 0.3) is 10.2 Å². The lowest BCUT2D eigenvalue weighted by Gasteiger charge is -2.07. The number of carbonyl (C=O) groups is 1. The van der Waals surface area contributed by atoms with Crippen molar-refractivity contribution in [3.8, 4) is 0 Å². The van der Waals surface area contributed by atoms with E-state index in [1.54, 1.807) is 14.0 Å². The van der Waals surface area contributed by atoms with Gasteiger partial charge in [-0.15, -0.1) is 11.3 Å². The van der Waals surface area contributed by atoms with Crippen molar-refractivity contribution < 1.29 is 14.3 Å². The third-order valence-electron chi connectivity index (χ3n) is 2.82. The van der Waals surface area contributed by atoms with E-state index in [-0.39, 0.29) is 11.3 Å². The Morgan fingerprint density at radius 1 is 1.43 bits per heavy atom. The summed E-state index contributed by atoms with van der Waals surface area (Å²) >= 11 is 7.19. The number of anilines is 1. The molecular weight excluding hydrogens is 314 g/mol. The van der Waals surface area contributed by atoms with Crippen molar-refractivity contribution in [3.63, 3.8) is 0 Å². The van der Waals surface area contributed by atoms with Gasteiger partial charge < -0.3 is 14.8 Å². The molecule has 0 saturated heterocycles. The van der Waals surface area contributed by atoms with Gasteiger partial charge in [-0.1, -0.05) is 0 Å². The number of halogens is 1. The Morgan fingerprint density at radius 3 is 2.86 bits per heavy atom. The van der Waals surface area contributed by atoms with E-state index in [0.717, 1.165) is 10.9 Å². The molecule has 0 aliphatic heterocycles. The molecule has 0 aliphatic carbocycles. The first kappa shape index (κ1) is 15.9. The van der Waals surface area contributed by atoms with Crippen LogP contribution < -0.4 is 5.32 Å². The molecule has 2 aromatic heterocycles. The van der Waals surface area contributed by atoms with E-state index in [1.807, 2.05) is 6.92 Å². The Balaban J connectivity index is 2.46. The summed E-state index contributed by atoms with van der Waals surface area (Å²) < 4.78 is 10.1. The van der Waals surface area contributed by atoms with Gasteiger partial charge in [0.1, 0.15) is 15.5 Å². The molecule has 0 fully saturated rings. The molecule has 21 heavy (non-hydrogen) atoms. The summed E-state index contributed by atoms with van der Waals surface area (Å²) in [6.07, 6.45) is 0. The summed E-state index contributed by atoms with van der Waals surface area (Å²) in [4.78, 5) is 21.5. The maximum absolute atomic E-state index is 12.0. The molecule has 0 amide bonds. The summed E-state index contributed by atoms with van der Waals surface area (Å²) in [7, 11) is 1.62. The molecule has 0 radical (unpaired) electrons. The largest absolute Gasteiger partial charge is 0.462 e. The van der Waals surface area contributed by atoms with E-state index in [0.29, 0.717) is 35.3 Å². The average Bonchev–Trinajstić information content (AvgIpc) is 2.76. The summed E-state index contributed by atoms with van der Waals surface area (Å²) in [5.41, 5.74) is 0.796. The monoisotopic (exact) mass is 329 g/mol. The van der Waals surface area contributed by atoms with Crippen molar-refractivity contribution in [1.29, 1.82) is 0 Å². The van der Waals surface area contributed by atoms with Crippen molar-refractivity contribution in [3.05, 3.63) is 15.7 Å². The van der Waals surface area contributed by atoms with Gasteiger partial charge in [0.25, 0.3) is 0 Å². The highest BCUT2D eigenvalue weighted by molar-refractivity contribution is 7.20. The van der Waals surface area contributed by atoms with E-state index in [9.17, 15) is 4.79 Å². The smallest absolute Gasteiger partial charge is 0.348 e. The first-order chi connectivity index (χ1) is 10.1. The first-order valence-electron chi connectivity index (χ1n) is 6.45. The highest BCUT2D eigenvalue weighted by Crippen LogP contribution is 2.34. The second-order valence-corrected chi connectivity index (χ2v) is 5.55. The number of nitrogens with one attached hydrogen (secondary N) is 1. The van der Waals surface area contributed by atoms with Gasteiger partial charge in [-0.25, -0.2) is 14.8 Å². The van der Waals surface area contributed by atoms with Gasteiger partial charge in [0, 0.05) is 13.7 Å². The summed E-state index contributed by atoms with van der Waals surface area (Å²) in [5.74, 6) is 0.253. The predicted octanol–water partition coefficient (Wildman–Crippen LogP) is 2.89. The quantitative estimate of drug-likeness (QED) is 0.499. The van der Waals surface area contributed by atoms with Crippen LogP contribution in [0, 0.1) is 6.92 Å². The Labute approximate surface area is 131 Å². The lowest BCUT2D eigenvalue weighted by atomic mass is 10.2. The standard InChI is InChI=1S/C13H16ClN3O3S/c1-4-20-12(18)9-7(2)8-10(15-5-6-19-3)16-13(14)17-11(8)21-9/h4-6H2,1-3H3,(H,15,16,17). The molecule has 8 heteroatoms. The topological polar surface area (TPSA) is 73.3 Å².